The molecule has 3 heterocycles. The van der Waals surface area contributed by atoms with Crippen LogP contribution in [0.5, 0.6) is 0 Å². The highest BCUT2D eigenvalue weighted by Crippen LogP contribution is 2.28. The molecule has 0 spiro atoms. The highest BCUT2D eigenvalue weighted by atomic mass is 19.1. The van der Waals surface area contributed by atoms with Gasteiger partial charge in [0.25, 0.3) is 0 Å². The predicted octanol–water partition coefficient (Wildman–Crippen LogP) is 2.50. The minimum Gasteiger partial charge on any atom is -0.379 e. The third-order valence-electron chi connectivity index (χ3n) is 4.34. The summed E-state index contributed by atoms with van der Waals surface area (Å²) in [6.07, 6.45) is 5.82. The van der Waals surface area contributed by atoms with Gasteiger partial charge in [-0.05, 0) is 18.2 Å². The van der Waals surface area contributed by atoms with E-state index in [1.54, 1.807) is 0 Å². The molecular weight excluding hydrogens is 295 g/mol. The van der Waals surface area contributed by atoms with Crippen LogP contribution in [0.25, 0.3) is 22.0 Å². The number of morpholine rings is 1. The third-order valence-corrected chi connectivity index (χ3v) is 4.34. The highest BCUT2D eigenvalue weighted by Gasteiger charge is 2.12. The van der Waals surface area contributed by atoms with E-state index in [4.69, 9.17) is 4.74 Å². The van der Waals surface area contributed by atoms with Crippen molar-refractivity contribution in [1.29, 1.82) is 0 Å². The Morgan fingerprint density at radius 2 is 2.09 bits per heavy atom. The van der Waals surface area contributed by atoms with Crippen LogP contribution in [0.3, 0.4) is 0 Å². The molecule has 23 heavy (non-hydrogen) atoms. The molecule has 6 heteroatoms. The van der Waals surface area contributed by atoms with Gasteiger partial charge in [-0.1, -0.05) is 0 Å². The number of nitrogens with zero attached hydrogens (tertiary/aromatic N) is 3. The Bertz CT molecular complexity index is 804. The van der Waals surface area contributed by atoms with Crippen LogP contribution in [-0.2, 0) is 11.3 Å². The molecule has 0 radical (unpaired) electrons. The monoisotopic (exact) mass is 314 g/mol. The molecule has 1 N–H and O–H groups in total. The number of aromatic amines is 1. The van der Waals surface area contributed by atoms with Crippen LogP contribution >= 0.6 is 0 Å². The van der Waals surface area contributed by atoms with E-state index in [1.807, 2.05) is 29.3 Å². The number of hydrogen-bond donors (Lipinski definition) is 1. The quantitative estimate of drug-likeness (QED) is 0.805. The van der Waals surface area contributed by atoms with Gasteiger partial charge in [0.05, 0.1) is 26.0 Å². The van der Waals surface area contributed by atoms with Crippen LogP contribution < -0.4 is 0 Å². The Kier molecular flexibility index (Phi) is 3.85. The van der Waals surface area contributed by atoms with Gasteiger partial charge in [0, 0.05) is 54.1 Å². The zero-order valence-electron chi connectivity index (χ0n) is 12.8. The summed E-state index contributed by atoms with van der Waals surface area (Å²) in [6.45, 7) is 5.44. The molecule has 0 unspecified atom stereocenters. The summed E-state index contributed by atoms with van der Waals surface area (Å²) in [5.41, 5.74) is 2.91. The molecule has 1 aliphatic heterocycles. The molecule has 0 atom stereocenters. The predicted molar refractivity (Wildman–Crippen MR) is 86.7 cm³/mol. The largest absolute Gasteiger partial charge is 0.379 e. The van der Waals surface area contributed by atoms with Crippen LogP contribution in [0.4, 0.5) is 4.39 Å². The molecular formula is C17H19FN4O. The van der Waals surface area contributed by atoms with Crippen molar-refractivity contribution in [3.8, 4) is 11.1 Å². The van der Waals surface area contributed by atoms with Crippen LogP contribution in [0.2, 0.25) is 0 Å². The summed E-state index contributed by atoms with van der Waals surface area (Å²) in [7, 11) is 0. The van der Waals surface area contributed by atoms with Crippen molar-refractivity contribution in [2.45, 2.75) is 6.54 Å². The molecule has 0 saturated carbocycles. The maximum absolute atomic E-state index is 13.3. The van der Waals surface area contributed by atoms with Crippen molar-refractivity contribution >= 4 is 10.9 Å². The van der Waals surface area contributed by atoms with Gasteiger partial charge in [-0.25, -0.2) is 4.39 Å². The van der Waals surface area contributed by atoms with Crippen LogP contribution in [-0.4, -0.2) is 52.5 Å². The van der Waals surface area contributed by atoms with E-state index < -0.39 is 0 Å². The lowest BCUT2D eigenvalue weighted by Crippen LogP contribution is -2.38. The van der Waals surface area contributed by atoms with E-state index >= 15 is 0 Å². The van der Waals surface area contributed by atoms with Crippen molar-refractivity contribution in [3.63, 3.8) is 0 Å². The second kappa shape index (κ2) is 6.14. The van der Waals surface area contributed by atoms with Crippen molar-refractivity contribution < 1.29 is 9.13 Å². The molecule has 1 fully saturated rings. The molecule has 1 aliphatic rings. The van der Waals surface area contributed by atoms with Gasteiger partial charge >= 0.3 is 0 Å². The molecule has 3 aromatic rings. The number of rotatable bonds is 4. The maximum atomic E-state index is 13.3. The van der Waals surface area contributed by atoms with Crippen molar-refractivity contribution in [1.82, 2.24) is 19.7 Å². The molecule has 5 nitrogen and oxygen atoms in total. The van der Waals surface area contributed by atoms with Crippen molar-refractivity contribution in [3.05, 3.63) is 42.6 Å². The van der Waals surface area contributed by atoms with Gasteiger partial charge in [0.15, 0.2) is 0 Å². The summed E-state index contributed by atoms with van der Waals surface area (Å²) in [6, 6.07) is 4.81. The van der Waals surface area contributed by atoms with E-state index in [-0.39, 0.29) is 5.82 Å². The molecule has 4 rings (SSSR count). The lowest BCUT2D eigenvalue weighted by molar-refractivity contribution is 0.0360. The number of nitrogens with one attached hydrogen (secondary N) is 1. The second-order valence-corrected chi connectivity index (χ2v) is 5.84. The Labute approximate surface area is 133 Å². The van der Waals surface area contributed by atoms with Gasteiger partial charge in [-0.15, -0.1) is 0 Å². The Morgan fingerprint density at radius 3 is 2.96 bits per heavy atom. The SMILES string of the molecule is Fc1ccc2c(-c3cnn(CCN4CCOCC4)c3)c[nH]c2c1. The summed E-state index contributed by atoms with van der Waals surface area (Å²) < 4.78 is 20.6. The second-order valence-electron chi connectivity index (χ2n) is 5.84. The minimum absolute atomic E-state index is 0.230. The fourth-order valence-corrected chi connectivity index (χ4v) is 3.03. The number of benzene rings is 1. The Morgan fingerprint density at radius 1 is 1.22 bits per heavy atom. The third kappa shape index (κ3) is 3.00. The van der Waals surface area contributed by atoms with Gasteiger partial charge < -0.3 is 9.72 Å². The molecule has 2 aromatic heterocycles. The topological polar surface area (TPSA) is 46.1 Å². The fourth-order valence-electron chi connectivity index (χ4n) is 3.03. The number of H-pyrrole nitrogens is 1. The zero-order chi connectivity index (χ0) is 15.6. The summed E-state index contributed by atoms with van der Waals surface area (Å²) in [4.78, 5) is 5.51. The van der Waals surface area contributed by atoms with E-state index in [1.165, 1.54) is 12.1 Å². The molecule has 0 bridgehead atoms. The normalized spacial score (nSPS) is 16.2. The molecule has 1 aromatic carbocycles. The van der Waals surface area contributed by atoms with E-state index in [9.17, 15) is 4.39 Å². The van der Waals surface area contributed by atoms with Gasteiger partial charge in [-0.2, -0.15) is 5.10 Å². The van der Waals surface area contributed by atoms with E-state index in [0.29, 0.717) is 0 Å². The molecule has 0 aliphatic carbocycles. The van der Waals surface area contributed by atoms with Gasteiger partial charge in [0.1, 0.15) is 5.82 Å². The average molecular weight is 314 g/mol. The number of hydrogen-bond acceptors (Lipinski definition) is 3. The fraction of sp³-hybridized carbons (Fsp3) is 0.353. The number of fused-ring (bicyclic) bond motifs is 1. The zero-order valence-corrected chi connectivity index (χ0v) is 12.8. The Hall–Kier alpha value is -2.18. The summed E-state index contributed by atoms with van der Waals surface area (Å²) in [5, 5.41) is 5.46. The smallest absolute Gasteiger partial charge is 0.125 e. The lowest BCUT2D eigenvalue weighted by atomic mass is 10.1. The van der Waals surface area contributed by atoms with E-state index in [0.717, 1.165) is 61.4 Å². The van der Waals surface area contributed by atoms with Gasteiger partial charge in [0.2, 0.25) is 0 Å². The first-order chi connectivity index (χ1) is 11.3. The standard InChI is InChI=1S/C17H19FN4O/c18-14-1-2-15-16(11-19-17(15)9-14)13-10-20-22(12-13)4-3-21-5-7-23-8-6-21/h1-2,9-12,19H,3-8H2. The van der Waals surface area contributed by atoms with Gasteiger partial charge in [-0.3, -0.25) is 9.58 Å². The van der Waals surface area contributed by atoms with E-state index in [2.05, 4.69) is 15.0 Å². The first-order valence-corrected chi connectivity index (χ1v) is 7.89. The average Bonchev–Trinajstić information content (AvgIpc) is 3.20. The van der Waals surface area contributed by atoms with Crippen LogP contribution in [0, 0.1) is 5.82 Å². The first-order valence-electron chi connectivity index (χ1n) is 7.89. The number of ether oxygens (including phenoxy) is 1. The van der Waals surface area contributed by atoms with Crippen LogP contribution in [0.15, 0.2) is 36.8 Å². The Balaban J connectivity index is 1.50. The maximum Gasteiger partial charge on any atom is 0.125 e. The van der Waals surface area contributed by atoms with Crippen molar-refractivity contribution in [2.75, 3.05) is 32.8 Å². The number of halogens is 1. The molecule has 0 amide bonds. The summed E-state index contributed by atoms with van der Waals surface area (Å²) in [5.74, 6) is -0.230. The van der Waals surface area contributed by atoms with Crippen LogP contribution in [0.1, 0.15) is 0 Å². The van der Waals surface area contributed by atoms with Crippen molar-refractivity contribution in [2.24, 2.45) is 0 Å². The lowest BCUT2D eigenvalue weighted by Gasteiger charge is -2.26. The number of aromatic nitrogens is 3. The first kappa shape index (κ1) is 14.4. The summed E-state index contributed by atoms with van der Waals surface area (Å²) >= 11 is 0. The highest BCUT2D eigenvalue weighted by molar-refractivity contribution is 5.95. The molecule has 1 saturated heterocycles. The molecule has 120 valence electrons. The minimum atomic E-state index is -0.230.